The first kappa shape index (κ1) is 12.9. The average Bonchev–Trinajstić information content (AvgIpc) is 2.75. The Morgan fingerprint density at radius 2 is 2.17 bits per heavy atom. The van der Waals surface area contributed by atoms with Crippen molar-refractivity contribution in [3.63, 3.8) is 0 Å². The number of hydrogen-bond acceptors (Lipinski definition) is 3. The lowest BCUT2D eigenvalue weighted by atomic mass is 10.1. The van der Waals surface area contributed by atoms with Gasteiger partial charge in [0.1, 0.15) is 0 Å². The number of nitrogens with one attached hydrogen (secondary N) is 1. The Bertz CT molecular complexity index is 580. The van der Waals surface area contributed by atoms with Crippen molar-refractivity contribution in [3.05, 3.63) is 50.7 Å². The van der Waals surface area contributed by atoms with Crippen molar-refractivity contribution in [2.75, 3.05) is 5.73 Å². The van der Waals surface area contributed by atoms with Crippen molar-refractivity contribution in [3.8, 4) is 0 Å². The Kier molecular flexibility index (Phi) is 3.89. The summed E-state index contributed by atoms with van der Waals surface area (Å²) in [6.45, 7) is 2.37. The van der Waals surface area contributed by atoms with Crippen LogP contribution in [0.25, 0.3) is 0 Å². The maximum Gasteiger partial charge on any atom is 0.251 e. The van der Waals surface area contributed by atoms with Crippen LogP contribution >= 0.6 is 22.9 Å². The molecule has 0 saturated heterocycles. The zero-order valence-corrected chi connectivity index (χ0v) is 11.4. The van der Waals surface area contributed by atoms with Crippen molar-refractivity contribution in [2.45, 2.75) is 13.5 Å². The van der Waals surface area contributed by atoms with E-state index >= 15 is 0 Å². The van der Waals surface area contributed by atoms with Crippen LogP contribution in [-0.2, 0) is 6.54 Å². The molecule has 1 heterocycles. The monoisotopic (exact) mass is 280 g/mol. The molecule has 0 radical (unpaired) electrons. The van der Waals surface area contributed by atoms with E-state index in [1.807, 2.05) is 19.1 Å². The summed E-state index contributed by atoms with van der Waals surface area (Å²) in [7, 11) is 0. The van der Waals surface area contributed by atoms with E-state index in [-0.39, 0.29) is 5.91 Å². The minimum Gasteiger partial charge on any atom is -0.399 e. The first-order chi connectivity index (χ1) is 8.56. The normalized spacial score (nSPS) is 10.3. The number of nitrogens with two attached hydrogens (primary N) is 1. The summed E-state index contributed by atoms with van der Waals surface area (Å²) >= 11 is 7.28. The van der Waals surface area contributed by atoms with Crippen LogP contribution in [-0.4, -0.2) is 5.91 Å². The van der Waals surface area contributed by atoms with E-state index in [1.54, 1.807) is 18.2 Å². The van der Waals surface area contributed by atoms with Crippen LogP contribution in [0.3, 0.4) is 0 Å². The lowest BCUT2D eigenvalue weighted by molar-refractivity contribution is 0.0951. The molecule has 3 nitrogen and oxygen atoms in total. The van der Waals surface area contributed by atoms with Crippen molar-refractivity contribution in [1.82, 2.24) is 5.32 Å². The molecule has 1 amide bonds. The maximum absolute atomic E-state index is 11.9. The minimum absolute atomic E-state index is 0.109. The molecule has 3 N–H and O–H groups in total. The Morgan fingerprint density at radius 3 is 2.78 bits per heavy atom. The first-order valence-electron chi connectivity index (χ1n) is 5.45. The smallest absolute Gasteiger partial charge is 0.251 e. The molecule has 0 aliphatic rings. The third-order valence-electron chi connectivity index (χ3n) is 2.58. The molecule has 0 bridgehead atoms. The molecule has 0 fully saturated rings. The molecule has 0 atom stereocenters. The minimum atomic E-state index is -0.109. The highest BCUT2D eigenvalue weighted by molar-refractivity contribution is 7.16. The van der Waals surface area contributed by atoms with Crippen LogP contribution in [0.2, 0.25) is 4.34 Å². The Morgan fingerprint density at radius 1 is 1.39 bits per heavy atom. The molecule has 0 saturated carbocycles. The molecule has 0 spiro atoms. The SMILES string of the molecule is Cc1cc(C(=O)NCc2ccc(Cl)s2)ccc1N. The number of carbonyl (C=O) groups is 1. The molecule has 0 unspecified atom stereocenters. The number of halogens is 1. The number of anilines is 1. The second kappa shape index (κ2) is 5.42. The number of aryl methyl sites for hydroxylation is 1. The number of carbonyl (C=O) groups excluding carboxylic acids is 1. The highest BCUT2D eigenvalue weighted by Gasteiger charge is 2.07. The van der Waals surface area contributed by atoms with E-state index in [4.69, 9.17) is 17.3 Å². The van der Waals surface area contributed by atoms with Crippen LogP contribution < -0.4 is 11.1 Å². The zero-order valence-electron chi connectivity index (χ0n) is 9.87. The molecule has 94 valence electrons. The fourth-order valence-electron chi connectivity index (χ4n) is 1.53. The first-order valence-corrected chi connectivity index (χ1v) is 6.64. The predicted octanol–water partition coefficient (Wildman–Crippen LogP) is 3.22. The third-order valence-corrected chi connectivity index (χ3v) is 3.82. The van der Waals surface area contributed by atoms with Gasteiger partial charge in [0, 0.05) is 16.1 Å². The maximum atomic E-state index is 11.9. The summed E-state index contributed by atoms with van der Waals surface area (Å²) in [6, 6.07) is 8.97. The summed E-state index contributed by atoms with van der Waals surface area (Å²) in [5, 5.41) is 2.85. The number of benzene rings is 1. The molecular weight excluding hydrogens is 268 g/mol. The van der Waals surface area contributed by atoms with Crippen LogP contribution in [0.15, 0.2) is 30.3 Å². The highest BCUT2D eigenvalue weighted by atomic mass is 35.5. The molecule has 5 heteroatoms. The van der Waals surface area contributed by atoms with Crippen molar-refractivity contribution >= 4 is 34.5 Å². The number of hydrogen-bond donors (Lipinski definition) is 2. The summed E-state index contributed by atoms with van der Waals surface area (Å²) in [5.41, 5.74) is 7.92. The van der Waals surface area contributed by atoms with E-state index in [9.17, 15) is 4.79 Å². The zero-order chi connectivity index (χ0) is 13.1. The average molecular weight is 281 g/mol. The molecule has 0 aliphatic heterocycles. The van der Waals surface area contributed by atoms with Crippen molar-refractivity contribution in [1.29, 1.82) is 0 Å². The summed E-state index contributed by atoms with van der Waals surface area (Å²) < 4.78 is 0.725. The molecule has 1 aromatic heterocycles. The molecule has 18 heavy (non-hydrogen) atoms. The molecular formula is C13H13ClN2OS. The summed E-state index contributed by atoms with van der Waals surface area (Å²) in [6.07, 6.45) is 0. The van der Waals surface area contributed by atoms with Gasteiger partial charge in [-0.05, 0) is 42.8 Å². The summed E-state index contributed by atoms with van der Waals surface area (Å²) in [4.78, 5) is 12.9. The van der Waals surface area contributed by atoms with E-state index < -0.39 is 0 Å². The molecule has 2 rings (SSSR count). The summed E-state index contributed by atoms with van der Waals surface area (Å²) in [5.74, 6) is -0.109. The van der Waals surface area contributed by atoms with Crippen LogP contribution in [0, 0.1) is 6.92 Å². The van der Waals surface area contributed by atoms with Gasteiger partial charge < -0.3 is 11.1 Å². The number of amides is 1. The van der Waals surface area contributed by atoms with Gasteiger partial charge in [0.25, 0.3) is 5.91 Å². The van der Waals surface area contributed by atoms with Crippen LogP contribution in [0.4, 0.5) is 5.69 Å². The van der Waals surface area contributed by atoms with Gasteiger partial charge >= 0.3 is 0 Å². The second-order valence-electron chi connectivity index (χ2n) is 3.96. The van der Waals surface area contributed by atoms with Gasteiger partial charge in [-0.15, -0.1) is 11.3 Å². The highest BCUT2D eigenvalue weighted by Crippen LogP contribution is 2.21. The Hall–Kier alpha value is -1.52. The molecule has 1 aromatic carbocycles. The number of thiophene rings is 1. The predicted molar refractivity (Wildman–Crippen MR) is 76.1 cm³/mol. The van der Waals surface area contributed by atoms with Crippen molar-refractivity contribution in [2.24, 2.45) is 0 Å². The Labute approximate surface area is 115 Å². The lowest BCUT2D eigenvalue weighted by Crippen LogP contribution is -2.22. The molecule has 2 aromatic rings. The van der Waals surface area contributed by atoms with Gasteiger partial charge in [0.15, 0.2) is 0 Å². The number of rotatable bonds is 3. The van der Waals surface area contributed by atoms with E-state index in [2.05, 4.69) is 5.32 Å². The fraction of sp³-hybridized carbons (Fsp3) is 0.154. The van der Waals surface area contributed by atoms with E-state index in [0.717, 1.165) is 14.8 Å². The van der Waals surface area contributed by atoms with Gasteiger partial charge in [0.2, 0.25) is 0 Å². The fourth-order valence-corrected chi connectivity index (χ4v) is 2.56. The van der Waals surface area contributed by atoms with E-state index in [0.29, 0.717) is 17.8 Å². The van der Waals surface area contributed by atoms with Crippen LogP contribution in [0.5, 0.6) is 0 Å². The molecule has 0 aliphatic carbocycles. The Balaban J connectivity index is 2.01. The van der Waals surface area contributed by atoms with Gasteiger partial charge in [-0.1, -0.05) is 11.6 Å². The number of nitrogen functional groups attached to an aromatic ring is 1. The standard InChI is InChI=1S/C13H13ClN2OS/c1-8-6-9(2-4-11(8)15)13(17)16-7-10-3-5-12(14)18-10/h2-6H,7,15H2,1H3,(H,16,17). The third kappa shape index (κ3) is 3.03. The van der Waals surface area contributed by atoms with Gasteiger partial charge in [-0.25, -0.2) is 0 Å². The van der Waals surface area contributed by atoms with Gasteiger partial charge in [-0.3, -0.25) is 4.79 Å². The van der Waals surface area contributed by atoms with Crippen molar-refractivity contribution < 1.29 is 4.79 Å². The largest absolute Gasteiger partial charge is 0.399 e. The van der Waals surface area contributed by atoms with Gasteiger partial charge in [-0.2, -0.15) is 0 Å². The quantitative estimate of drug-likeness (QED) is 0.848. The van der Waals surface area contributed by atoms with E-state index in [1.165, 1.54) is 11.3 Å². The topological polar surface area (TPSA) is 55.1 Å². The lowest BCUT2D eigenvalue weighted by Gasteiger charge is -2.06. The van der Waals surface area contributed by atoms with Gasteiger partial charge in [0.05, 0.1) is 10.9 Å². The van der Waals surface area contributed by atoms with Crippen LogP contribution in [0.1, 0.15) is 20.8 Å². The second-order valence-corrected chi connectivity index (χ2v) is 5.76.